The zero-order valence-electron chi connectivity index (χ0n) is 11.8. The van der Waals surface area contributed by atoms with Gasteiger partial charge < -0.3 is 4.74 Å². The van der Waals surface area contributed by atoms with Gasteiger partial charge in [-0.05, 0) is 18.6 Å². The summed E-state index contributed by atoms with van der Waals surface area (Å²) in [5, 5.41) is 14.8. The molecule has 1 aromatic carbocycles. The van der Waals surface area contributed by atoms with E-state index >= 15 is 0 Å². The second-order valence-electron chi connectivity index (χ2n) is 4.61. The molecule has 7 nitrogen and oxygen atoms in total. The molecule has 7 heteroatoms. The van der Waals surface area contributed by atoms with Gasteiger partial charge in [-0.25, -0.2) is 0 Å². The number of benzene rings is 1. The van der Waals surface area contributed by atoms with E-state index in [4.69, 9.17) is 4.74 Å². The second-order valence-corrected chi connectivity index (χ2v) is 4.61. The van der Waals surface area contributed by atoms with E-state index < -0.39 is 4.92 Å². The minimum atomic E-state index is -0.536. The van der Waals surface area contributed by atoms with Crippen LogP contribution < -0.4 is 4.74 Å². The molecule has 2 rings (SSSR count). The minimum absolute atomic E-state index is 0.125. The van der Waals surface area contributed by atoms with Crippen LogP contribution in [-0.2, 0) is 13.5 Å². The van der Waals surface area contributed by atoms with Gasteiger partial charge in [-0.2, -0.15) is 5.10 Å². The number of Topliss-reactive ketones (excluding diaryl/α,β-unsaturated/α-hetero) is 1. The van der Waals surface area contributed by atoms with Crippen LogP contribution in [0.3, 0.4) is 0 Å². The standard InChI is InChI=1S/C14H15N3O4/c1-10(18)13-7-12(17(19)20)3-4-14(13)21-6-5-11-8-15-16(2)9-11/h3-4,7-9H,5-6H2,1-2H3. The second kappa shape index (κ2) is 6.17. The fourth-order valence-corrected chi connectivity index (χ4v) is 1.91. The molecule has 1 aromatic heterocycles. The average Bonchev–Trinajstić information content (AvgIpc) is 2.84. The van der Waals surface area contributed by atoms with Gasteiger partial charge in [0.15, 0.2) is 5.78 Å². The number of non-ortho nitro benzene ring substituents is 1. The summed E-state index contributed by atoms with van der Waals surface area (Å²) < 4.78 is 7.26. The van der Waals surface area contributed by atoms with Crippen LogP contribution in [0.2, 0.25) is 0 Å². The van der Waals surface area contributed by atoms with Gasteiger partial charge in [0.05, 0.1) is 23.3 Å². The number of carbonyl (C=O) groups excluding carboxylic acids is 1. The number of ether oxygens (including phenoxy) is 1. The Hall–Kier alpha value is -2.70. The van der Waals surface area contributed by atoms with Crippen LogP contribution in [0.4, 0.5) is 5.69 Å². The van der Waals surface area contributed by atoms with Gasteiger partial charge in [-0.3, -0.25) is 19.6 Å². The number of ketones is 1. The molecule has 0 aliphatic rings. The Balaban J connectivity index is 2.08. The number of nitrogens with zero attached hydrogens (tertiary/aromatic N) is 3. The quantitative estimate of drug-likeness (QED) is 0.462. The fourth-order valence-electron chi connectivity index (χ4n) is 1.91. The zero-order valence-corrected chi connectivity index (χ0v) is 11.8. The van der Waals surface area contributed by atoms with E-state index in [1.165, 1.54) is 25.1 Å². The number of nitro groups is 1. The lowest BCUT2D eigenvalue weighted by atomic mass is 10.1. The van der Waals surface area contributed by atoms with Gasteiger partial charge in [0.2, 0.25) is 0 Å². The molecule has 0 saturated carbocycles. The van der Waals surface area contributed by atoms with E-state index in [9.17, 15) is 14.9 Å². The smallest absolute Gasteiger partial charge is 0.270 e. The molecule has 110 valence electrons. The first kappa shape index (κ1) is 14.7. The summed E-state index contributed by atoms with van der Waals surface area (Å²) in [7, 11) is 1.83. The number of nitro benzene ring substituents is 1. The summed E-state index contributed by atoms with van der Waals surface area (Å²) >= 11 is 0. The lowest BCUT2D eigenvalue weighted by Crippen LogP contribution is -2.05. The molecule has 0 radical (unpaired) electrons. The number of carbonyl (C=O) groups is 1. The van der Waals surface area contributed by atoms with Gasteiger partial charge in [-0.15, -0.1) is 0 Å². The highest BCUT2D eigenvalue weighted by atomic mass is 16.6. The Morgan fingerprint density at radius 2 is 2.24 bits per heavy atom. The highest BCUT2D eigenvalue weighted by Gasteiger charge is 2.15. The lowest BCUT2D eigenvalue weighted by Gasteiger charge is -2.09. The molecule has 0 unspecified atom stereocenters. The van der Waals surface area contributed by atoms with E-state index in [1.807, 2.05) is 13.2 Å². The van der Waals surface area contributed by atoms with E-state index in [0.29, 0.717) is 18.8 Å². The average molecular weight is 289 g/mol. The molecule has 0 spiro atoms. The molecule has 21 heavy (non-hydrogen) atoms. The summed E-state index contributed by atoms with van der Waals surface area (Å²) in [6.07, 6.45) is 4.26. The molecular formula is C14H15N3O4. The van der Waals surface area contributed by atoms with Crippen molar-refractivity contribution in [2.45, 2.75) is 13.3 Å². The summed E-state index contributed by atoms with van der Waals surface area (Å²) in [6, 6.07) is 4.02. The molecular weight excluding hydrogens is 274 g/mol. The van der Waals surface area contributed by atoms with Crippen LogP contribution >= 0.6 is 0 Å². The van der Waals surface area contributed by atoms with E-state index in [0.717, 1.165) is 5.56 Å². The van der Waals surface area contributed by atoms with E-state index in [-0.39, 0.29) is 17.0 Å². The van der Waals surface area contributed by atoms with Gasteiger partial charge in [0.25, 0.3) is 5.69 Å². The summed E-state index contributed by atoms with van der Waals surface area (Å²) in [6.45, 7) is 1.72. The number of hydrogen-bond acceptors (Lipinski definition) is 5. The molecule has 2 aromatic rings. The van der Waals surface area contributed by atoms with Crippen molar-refractivity contribution in [1.82, 2.24) is 9.78 Å². The predicted octanol–water partition coefficient (Wildman–Crippen LogP) is 2.15. The van der Waals surface area contributed by atoms with Crippen molar-refractivity contribution in [1.29, 1.82) is 0 Å². The van der Waals surface area contributed by atoms with Crippen LogP contribution in [0.15, 0.2) is 30.6 Å². The zero-order chi connectivity index (χ0) is 15.4. The fraction of sp³-hybridized carbons (Fsp3) is 0.286. The van der Waals surface area contributed by atoms with E-state index in [1.54, 1.807) is 10.9 Å². The normalized spacial score (nSPS) is 10.4. The van der Waals surface area contributed by atoms with Crippen molar-refractivity contribution >= 4 is 11.5 Å². The van der Waals surface area contributed by atoms with Crippen LogP contribution in [0.5, 0.6) is 5.75 Å². The Morgan fingerprint density at radius 1 is 1.48 bits per heavy atom. The number of aromatic nitrogens is 2. The summed E-state index contributed by atoms with van der Waals surface area (Å²) in [5.41, 5.74) is 1.11. The SMILES string of the molecule is CC(=O)c1cc([N+](=O)[O-])ccc1OCCc1cnn(C)c1. The van der Waals surface area contributed by atoms with Crippen molar-refractivity contribution < 1.29 is 14.5 Å². The van der Waals surface area contributed by atoms with Crippen LogP contribution in [0.1, 0.15) is 22.8 Å². The molecule has 0 aliphatic carbocycles. The van der Waals surface area contributed by atoms with Gasteiger partial charge in [-0.1, -0.05) is 0 Å². The van der Waals surface area contributed by atoms with Crippen LogP contribution in [-0.4, -0.2) is 27.1 Å². The first-order valence-electron chi connectivity index (χ1n) is 6.37. The molecule has 0 saturated heterocycles. The Bertz CT molecular complexity index is 679. The largest absolute Gasteiger partial charge is 0.492 e. The molecule has 0 atom stereocenters. The third-order valence-electron chi connectivity index (χ3n) is 2.96. The Morgan fingerprint density at radius 3 is 2.81 bits per heavy atom. The maximum absolute atomic E-state index is 11.6. The summed E-state index contributed by atoms with van der Waals surface area (Å²) in [4.78, 5) is 21.8. The minimum Gasteiger partial charge on any atom is -0.492 e. The van der Waals surface area contributed by atoms with Crippen LogP contribution in [0, 0.1) is 10.1 Å². The van der Waals surface area contributed by atoms with Crippen LogP contribution in [0.25, 0.3) is 0 Å². The van der Waals surface area contributed by atoms with Crippen molar-refractivity contribution in [2.75, 3.05) is 6.61 Å². The highest BCUT2D eigenvalue weighted by Crippen LogP contribution is 2.24. The maximum Gasteiger partial charge on any atom is 0.270 e. The molecule has 0 fully saturated rings. The van der Waals surface area contributed by atoms with Crippen molar-refractivity contribution in [3.05, 3.63) is 51.8 Å². The number of rotatable bonds is 6. The predicted molar refractivity (Wildman–Crippen MR) is 75.5 cm³/mol. The third-order valence-corrected chi connectivity index (χ3v) is 2.96. The van der Waals surface area contributed by atoms with Crippen molar-refractivity contribution in [3.63, 3.8) is 0 Å². The topological polar surface area (TPSA) is 87.3 Å². The Kier molecular flexibility index (Phi) is 4.32. The number of hydrogen-bond donors (Lipinski definition) is 0. The van der Waals surface area contributed by atoms with Gasteiger partial charge >= 0.3 is 0 Å². The Labute approximate surface area is 121 Å². The summed E-state index contributed by atoms with van der Waals surface area (Å²) in [5.74, 6) is 0.0899. The lowest BCUT2D eigenvalue weighted by molar-refractivity contribution is -0.384. The monoisotopic (exact) mass is 289 g/mol. The van der Waals surface area contributed by atoms with Gasteiger partial charge in [0, 0.05) is 31.8 Å². The molecule has 1 heterocycles. The van der Waals surface area contributed by atoms with Crippen molar-refractivity contribution in [3.8, 4) is 5.75 Å². The molecule has 0 bridgehead atoms. The molecule has 0 N–H and O–H groups in total. The highest BCUT2D eigenvalue weighted by molar-refractivity contribution is 5.97. The first-order chi connectivity index (χ1) is 9.97. The van der Waals surface area contributed by atoms with E-state index in [2.05, 4.69) is 5.10 Å². The van der Waals surface area contributed by atoms with Gasteiger partial charge in [0.1, 0.15) is 5.75 Å². The first-order valence-corrected chi connectivity index (χ1v) is 6.37. The van der Waals surface area contributed by atoms with Crippen molar-refractivity contribution in [2.24, 2.45) is 7.05 Å². The maximum atomic E-state index is 11.6. The molecule has 0 aliphatic heterocycles. The number of aryl methyl sites for hydroxylation is 1. The third kappa shape index (κ3) is 3.65. The molecule has 0 amide bonds.